The number of hydrogen-bond donors (Lipinski definition) is 0. The van der Waals surface area contributed by atoms with Gasteiger partial charge in [0, 0.05) is 0 Å². The van der Waals surface area contributed by atoms with Gasteiger partial charge in [-0.1, -0.05) is 92.4 Å². The van der Waals surface area contributed by atoms with E-state index in [2.05, 4.69) is 34.6 Å². The molecule has 4 unspecified atom stereocenters. The van der Waals surface area contributed by atoms with Gasteiger partial charge >= 0.3 is 0 Å². The lowest BCUT2D eigenvalue weighted by Crippen LogP contribution is -2.57. The van der Waals surface area contributed by atoms with Crippen LogP contribution in [0.3, 0.4) is 0 Å². The zero-order chi connectivity index (χ0) is 24.0. The maximum absolute atomic E-state index is 6.74. The Balaban J connectivity index is 2.25. The fourth-order valence-electron chi connectivity index (χ4n) is 5.53. The topological polar surface area (TPSA) is 40.2 Å². The molecule has 0 aromatic carbocycles. The molecule has 1 aliphatic carbocycles. The number of unbranched alkanes of at least 4 members (excludes halogenated alkanes) is 8. The summed E-state index contributed by atoms with van der Waals surface area (Å²) in [4.78, 5) is 0. The maximum Gasteiger partial charge on any atom is 0.288 e. The first-order valence-electron chi connectivity index (χ1n) is 14.6. The molecule has 0 aromatic rings. The third kappa shape index (κ3) is 8.78. The van der Waals surface area contributed by atoms with Crippen molar-refractivity contribution in [3.63, 3.8) is 0 Å². The molecule has 1 heterocycles. The van der Waals surface area contributed by atoms with Crippen LogP contribution >= 0.6 is 0 Å². The van der Waals surface area contributed by atoms with Crippen LogP contribution < -0.4 is 0 Å². The molecule has 2 fully saturated rings. The molecule has 0 aromatic heterocycles. The lowest BCUT2D eigenvalue weighted by atomic mass is 9.65. The zero-order valence-corrected chi connectivity index (χ0v) is 22.8. The Morgan fingerprint density at radius 1 is 0.636 bits per heavy atom. The predicted octanol–water partition coefficient (Wildman–Crippen LogP) is 8.41. The monoisotopic (exact) mass is 468 g/mol. The summed E-state index contributed by atoms with van der Waals surface area (Å²) in [5, 5.41) is 0. The van der Waals surface area contributed by atoms with Crippen molar-refractivity contribution in [3.8, 4) is 0 Å². The largest absolute Gasteiger partial charge is 0.370 e. The number of hydrogen-bond acceptors (Lipinski definition) is 4. The van der Waals surface area contributed by atoms with Crippen molar-refractivity contribution in [2.24, 2.45) is 11.3 Å². The molecule has 2 aliphatic rings. The van der Waals surface area contributed by atoms with Crippen LogP contribution in [0, 0.1) is 11.3 Å². The highest BCUT2D eigenvalue weighted by Crippen LogP contribution is 2.55. The number of rotatable bonds is 21. The summed E-state index contributed by atoms with van der Waals surface area (Å²) in [6, 6.07) is 0. The van der Waals surface area contributed by atoms with Gasteiger partial charge in [-0.25, -0.2) is 0 Å². The van der Waals surface area contributed by atoms with Crippen LogP contribution in [0.5, 0.6) is 0 Å². The van der Waals surface area contributed by atoms with Gasteiger partial charge in [-0.15, -0.1) is 0 Å². The van der Waals surface area contributed by atoms with Gasteiger partial charge in [-0.2, -0.15) is 0 Å². The van der Waals surface area contributed by atoms with E-state index in [4.69, 9.17) is 18.9 Å². The molecule has 0 bridgehead atoms. The Labute approximate surface area is 205 Å². The van der Waals surface area contributed by atoms with Crippen molar-refractivity contribution in [1.29, 1.82) is 0 Å². The zero-order valence-electron chi connectivity index (χ0n) is 22.8. The van der Waals surface area contributed by atoms with Crippen LogP contribution in [-0.4, -0.2) is 38.0 Å². The lowest BCUT2D eigenvalue weighted by Gasteiger charge is -2.51. The molecule has 0 N–H and O–H groups in total. The molecule has 0 spiro atoms. The molecule has 4 nitrogen and oxygen atoms in total. The Hall–Kier alpha value is -0.160. The summed E-state index contributed by atoms with van der Waals surface area (Å²) >= 11 is 0. The highest BCUT2D eigenvalue weighted by molar-refractivity contribution is 5.00. The molecule has 4 heteroatoms. The van der Waals surface area contributed by atoms with Crippen LogP contribution in [0.25, 0.3) is 0 Å². The minimum atomic E-state index is -0.942. The molecule has 0 amide bonds. The molecule has 1 aliphatic heterocycles. The van der Waals surface area contributed by atoms with Crippen LogP contribution in [0.4, 0.5) is 0 Å². The van der Waals surface area contributed by atoms with Crippen LogP contribution in [0.1, 0.15) is 137 Å². The van der Waals surface area contributed by atoms with Gasteiger partial charge in [0.05, 0.1) is 37.4 Å². The second kappa shape index (κ2) is 15.8. The lowest BCUT2D eigenvalue weighted by molar-refractivity contribution is -0.438. The van der Waals surface area contributed by atoms with E-state index >= 15 is 0 Å². The molecule has 1 saturated carbocycles. The second-order valence-electron chi connectivity index (χ2n) is 10.8. The van der Waals surface area contributed by atoms with Gasteiger partial charge in [0.15, 0.2) is 0 Å². The smallest absolute Gasteiger partial charge is 0.288 e. The van der Waals surface area contributed by atoms with E-state index in [1.807, 2.05) is 0 Å². The van der Waals surface area contributed by atoms with E-state index in [-0.39, 0.29) is 5.41 Å². The molecule has 2 rings (SSSR count). The highest BCUT2D eigenvalue weighted by Gasteiger charge is 2.59. The summed E-state index contributed by atoms with van der Waals surface area (Å²) in [6.07, 6.45) is 19.9. The highest BCUT2D eigenvalue weighted by atomic mass is 16.9. The Kier molecular flexibility index (Phi) is 13.9. The molecule has 0 radical (unpaired) electrons. The first-order chi connectivity index (χ1) is 16.1. The van der Waals surface area contributed by atoms with Crippen molar-refractivity contribution in [2.75, 3.05) is 19.8 Å². The normalized spacial score (nSPS) is 24.5. The van der Waals surface area contributed by atoms with E-state index in [1.165, 1.54) is 51.4 Å². The first-order valence-corrected chi connectivity index (χ1v) is 14.6. The van der Waals surface area contributed by atoms with Crippen molar-refractivity contribution in [1.82, 2.24) is 0 Å². The molecule has 4 atom stereocenters. The Bertz CT molecular complexity index is 469. The number of ether oxygens (including phenoxy) is 4. The summed E-state index contributed by atoms with van der Waals surface area (Å²) in [7, 11) is 0. The van der Waals surface area contributed by atoms with Gasteiger partial charge < -0.3 is 18.9 Å². The van der Waals surface area contributed by atoms with Crippen molar-refractivity contribution in [2.45, 2.75) is 156 Å². The third-order valence-corrected chi connectivity index (χ3v) is 8.02. The summed E-state index contributed by atoms with van der Waals surface area (Å²) < 4.78 is 26.2. The van der Waals surface area contributed by atoms with E-state index in [0.717, 1.165) is 51.4 Å². The summed E-state index contributed by atoms with van der Waals surface area (Å²) in [5.74, 6) is -0.427. The van der Waals surface area contributed by atoms with E-state index < -0.39 is 5.97 Å². The average Bonchev–Trinajstić information content (AvgIpc) is 3.60. The van der Waals surface area contributed by atoms with Gasteiger partial charge in [-0.05, 0) is 50.9 Å². The van der Waals surface area contributed by atoms with E-state index in [9.17, 15) is 0 Å². The van der Waals surface area contributed by atoms with Crippen molar-refractivity contribution < 1.29 is 18.9 Å². The maximum atomic E-state index is 6.74. The minimum absolute atomic E-state index is 0.163. The van der Waals surface area contributed by atoms with Gasteiger partial charge in [0.1, 0.15) is 0 Å². The number of epoxide rings is 1. The van der Waals surface area contributed by atoms with Gasteiger partial charge in [0.25, 0.3) is 5.97 Å². The minimum Gasteiger partial charge on any atom is -0.370 e. The van der Waals surface area contributed by atoms with Crippen LogP contribution in [0.2, 0.25) is 0 Å². The van der Waals surface area contributed by atoms with Gasteiger partial charge in [0.2, 0.25) is 0 Å². The third-order valence-electron chi connectivity index (χ3n) is 8.02. The van der Waals surface area contributed by atoms with E-state index in [1.54, 1.807) is 0 Å². The second-order valence-corrected chi connectivity index (χ2v) is 10.8. The van der Waals surface area contributed by atoms with Crippen molar-refractivity contribution >= 4 is 0 Å². The predicted molar refractivity (Wildman–Crippen MR) is 137 cm³/mol. The Morgan fingerprint density at radius 3 is 1.67 bits per heavy atom. The molecular weight excluding hydrogens is 412 g/mol. The standard InChI is InChI=1S/C29H56O4/c1-6-10-14-15-16-17-20-28(5,25-18-19-26-27(24-25)33-26)29(30-21-11-7-2,31-22-12-8-3)32-23-13-9-4/h25-27H,6-24H2,1-5H3. The molecule has 33 heavy (non-hydrogen) atoms. The average molecular weight is 469 g/mol. The van der Waals surface area contributed by atoms with E-state index in [0.29, 0.717) is 37.9 Å². The summed E-state index contributed by atoms with van der Waals surface area (Å²) in [6.45, 7) is 13.5. The van der Waals surface area contributed by atoms with Crippen LogP contribution in [-0.2, 0) is 18.9 Å². The first kappa shape index (κ1) is 29.1. The molecule has 1 saturated heterocycles. The van der Waals surface area contributed by atoms with Crippen LogP contribution in [0.15, 0.2) is 0 Å². The Morgan fingerprint density at radius 2 is 1.15 bits per heavy atom. The van der Waals surface area contributed by atoms with Gasteiger partial charge in [-0.3, -0.25) is 0 Å². The van der Waals surface area contributed by atoms with Crippen molar-refractivity contribution in [3.05, 3.63) is 0 Å². The number of fused-ring (bicyclic) bond motifs is 1. The fraction of sp³-hybridized carbons (Fsp3) is 1.00. The quantitative estimate of drug-likeness (QED) is 0.0962. The molecular formula is C29H56O4. The fourth-order valence-corrected chi connectivity index (χ4v) is 5.53. The SMILES string of the molecule is CCCCCCCCC(C)(C1CCC2OC2C1)C(OCCCC)(OCCCC)OCCCC. The molecule has 196 valence electrons. The summed E-state index contributed by atoms with van der Waals surface area (Å²) in [5.41, 5.74) is -0.163.